The topological polar surface area (TPSA) is 38.7 Å². The number of hydrogen-bond acceptors (Lipinski definition) is 3. The Morgan fingerprint density at radius 3 is 1.79 bits per heavy atom. The zero-order chi connectivity index (χ0) is 38.1. The normalized spacial score (nSPS) is 12.9. The first-order chi connectivity index (χ1) is 28.0. The van der Waals surface area contributed by atoms with Crippen LogP contribution in [0, 0.1) is 0 Å². The Kier molecular flexibility index (Phi) is 7.52. The maximum atomic E-state index is 5.40. The monoisotopic (exact) mass is 727 g/mol. The van der Waals surface area contributed by atoms with Gasteiger partial charge >= 0.3 is 0 Å². The summed E-state index contributed by atoms with van der Waals surface area (Å²) >= 11 is 0. The molecule has 0 unspecified atom stereocenters. The highest BCUT2D eigenvalue weighted by Crippen LogP contribution is 2.49. The second-order valence-electron chi connectivity index (χ2n) is 15.6. The number of fused-ring (bicyclic) bond motifs is 7. The minimum atomic E-state index is -0.0436. The van der Waals surface area contributed by atoms with Gasteiger partial charge < -0.3 is 0 Å². The van der Waals surface area contributed by atoms with E-state index in [1.165, 1.54) is 44.0 Å². The van der Waals surface area contributed by atoms with Gasteiger partial charge in [0.1, 0.15) is 0 Å². The Labute approximate surface area is 332 Å². The van der Waals surface area contributed by atoms with Gasteiger partial charge in [-0.3, -0.25) is 0 Å². The molecule has 0 saturated heterocycles. The summed E-state index contributed by atoms with van der Waals surface area (Å²) in [4.78, 5) is 16.1. The van der Waals surface area contributed by atoms with Crippen molar-refractivity contribution in [3.8, 4) is 67.5 Å². The van der Waals surface area contributed by atoms with Crippen LogP contribution in [0.5, 0.6) is 0 Å². The van der Waals surface area contributed by atoms with E-state index in [0.29, 0.717) is 17.5 Å². The highest BCUT2D eigenvalue weighted by molar-refractivity contribution is 6.19. The summed E-state index contributed by atoms with van der Waals surface area (Å²) in [7, 11) is 0. The largest absolute Gasteiger partial charge is 0.208 e. The first-order valence-corrected chi connectivity index (χ1v) is 19.6. The lowest BCUT2D eigenvalue weighted by atomic mass is 9.82. The predicted octanol–water partition coefficient (Wildman–Crippen LogP) is 14.0. The third-order valence-electron chi connectivity index (χ3n) is 11.9. The molecule has 11 rings (SSSR count). The van der Waals surface area contributed by atoms with Gasteiger partial charge in [0.05, 0.1) is 0 Å². The first kappa shape index (κ1) is 33.1. The van der Waals surface area contributed by atoms with Crippen molar-refractivity contribution in [2.45, 2.75) is 19.3 Å². The van der Waals surface area contributed by atoms with E-state index >= 15 is 0 Å². The van der Waals surface area contributed by atoms with Gasteiger partial charge in [-0.05, 0) is 95.0 Å². The molecule has 1 aliphatic carbocycles. The molecule has 0 saturated carbocycles. The molecule has 1 heterocycles. The quantitative estimate of drug-likeness (QED) is 0.131. The van der Waals surface area contributed by atoms with Crippen LogP contribution in [0.3, 0.4) is 0 Å². The molecule has 0 spiro atoms. The molecule has 0 radical (unpaired) electrons. The Morgan fingerprint density at radius 2 is 0.930 bits per heavy atom. The van der Waals surface area contributed by atoms with Gasteiger partial charge in [-0.15, -0.1) is 0 Å². The smallest absolute Gasteiger partial charge is 0.165 e. The summed E-state index contributed by atoms with van der Waals surface area (Å²) in [6.07, 6.45) is 0. The molecule has 0 fully saturated rings. The fourth-order valence-electron chi connectivity index (χ4n) is 9.08. The third kappa shape index (κ3) is 5.38. The van der Waals surface area contributed by atoms with Crippen molar-refractivity contribution in [1.29, 1.82) is 0 Å². The molecule has 0 bridgehead atoms. The Balaban J connectivity index is 1.15. The van der Waals surface area contributed by atoms with Crippen LogP contribution in [-0.2, 0) is 5.41 Å². The van der Waals surface area contributed by atoms with E-state index < -0.39 is 0 Å². The third-order valence-corrected chi connectivity index (χ3v) is 11.9. The second-order valence-corrected chi connectivity index (χ2v) is 15.6. The van der Waals surface area contributed by atoms with Crippen molar-refractivity contribution >= 4 is 32.3 Å². The fraction of sp³-hybridized carbons (Fsp3) is 0.0556. The van der Waals surface area contributed by atoms with Crippen LogP contribution in [0.15, 0.2) is 188 Å². The molecule has 1 aromatic heterocycles. The van der Waals surface area contributed by atoms with Crippen molar-refractivity contribution in [2.24, 2.45) is 0 Å². The molecule has 268 valence electrons. The molecule has 3 nitrogen and oxygen atoms in total. The lowest BCUT2D eigenvalue weighted by Gasteiger charge is -2.21. The standard InChI is InChI=1S/C54H37N3/c1-54(2)48-26-13-12-24-43(48)47-32-37(28-30-49(47)54)36-19-14-20-39(31-36)51-55-52(45-25-11-10-21-40(45)34-15-4-3-5-16-34)57-53(56-51)50-42-23-9-7-18-38(42)33-46-41-22-8-6-17-35(41)27-29-44(46)50/h3-33H,1-2H3. The molecular weight excluding hydrogens is 691 g/mol. The van der Waals surface area contributed by atoms with E-state index in [0.717, 1.165) is 49.5 Å². The van der Waals surface area contributed by atoms with Crippen LogP contribution < -0.4 is 0 Å². The average Bonchev–Trinajstić information content (AvgIpc) is 3.51. The van der Waals surface area contributed by atoms with Crippen LogP contribution in [0.25, 0.3) is 99.9 Å². The van der Waals surface area contributed by atoms with Gasteiger partial charge in [-0.1, -0.05) is 184 Å². The number of hydrogen-bond donors (Lipinski definition) is 0. The van der Waals surface area contributed by atoms with Gasteiger partial charge in [-0.25, -0.2) is 15.0 Å². The van der Waals surface area contributed by atoms with E-state index in [2.05, 4.69) is 196 Å². The molecule has 3 heteroatoms. The highest BCUT2D eigenvalue weighted by Gasteiger charge is 2.35. The SMILES string of the molecule is CC1(C)c2ccccc2-c2cc(-c3cccc(-c4nc(-c5ccccc5-c5ccccc5)nc(-c5c6ccccc6cc6c5ccc5ccccc56)n4)c3)ccc21. The van der Waals surface area contributed by atoms with Gasteiger partial charge in [0.15, 0.2) is 17.5 Å². The molecule has 0 amide bonds. The van der Waals surface area contributed by atoms with Crippen LogP contribution in [-0.4, -0.2) is 15.0 Å². The zero-order valence-electron chi connectivity index (χ0n) is 31.7. The molecule has 0 atom stereocenters. The molecule has 0 N–H and O–H groups in total. The van der Waals surface area contributed by atoms with E-state index in [1.54, 1.807) is 0 Å². The van der Waals surface area contributed by atoms with Gasteiger partial charge in [0, 0.05) is 22.1 Å². The Bertz CT molecular complexity index is 3220. The maximum Gasteiger partial charge on any atom is 0.165 e. The molecule has 1 aliphatic rings. The van der Waals surface area contributed by atoms with Crippen LogP contribution in [0.4, 0.5) is 0 Å². The van der Waals surface area contributed by atoms with Crippen LogP contribution in [0.2, 0.25) is 0 Å². The van der Waals surface area contributed by atoms with Crippen molar-refractivity contribution in [1.82, 2.24) is 15.0 Å². The molecule has 0 aliphatic heterocycles. The van der Waals surface area contributed by atoms with Crippen LogP contribution >= 0.6 is 0 Å². The minimum absolute atomic E-state index is 0.0436. The summed E-state index contributed by atoms with van der Waals surface area (Å²) in [5, 5.41) is 6.96. The van der Waals surface area contributed by atoms with Gasteiger partial charge in [0.25, 0.3) is 0 Å². The minimum Gasteiger partial charge on any atom is -0.208 e. The van der Waals surface area contributed by atoms with Crippen molar-refractivity contribution in [2.75, 3.05) is 0 Å². The Hall–Kier alpha value is -7.23. The molecule has 10 aromatic rings. The van der Waals surface area contributed by atoms with Gasteiger partial charge in [0.2, 0.25) is 0 Å². The van der Waals surface area contributed by atoms with E-state index in [-0.39, 0.29) is 5.41 Å². The lowest BCUT2D eigenvalue weighted by molar-refractivity contribution is 0.660. The first-order valence-electron chi connectivity index (χ1n) is 19.6. The van der Waals surface area contributed by atoms with Crippen molar-refractivity contribution in [3.05, 3.63) is 199 Å². The van der Waals surface area contributed by atoms with E-state index in [9.17, 15) is 0 Å². The van der Waals surface area contributed by atoms with E-state index in [1.807, 2.05) is 6.07 Å². The predicted molar refractivity (Wildman–Crippen MR) is 237 cm³/mol. The summed E-state index contributed by atoms with van der Waals surface area (Å²) in [6.45, 7) is 4.65. The lowest BCUT2D eigenvalue weighted by Crippen LogP contribution is -2.14. The summed E-state index contributed by atoms with van der Waals surface area (Å²) in [5.74, 6) is 1.92. The molecular formula is C54H37N3. The number of aromatic nitrogens is 3. The van der Waals surface area contributed by atoms with Crippen molar-refractivity contribution in [3.63, 3.8) is 0 Å². The summed E-state index contributed by atoms with van der Waals surface area (Å²) in [6, 6.07) is 67.3. The van der Waals surface area contributed by atoms with Crippen molar-refractivity contribution < 1.29 is 0 Å². The number of rotatable bonds is 5. The highest BCUT2D eigenvalue weighted by atomic mass is 15.0. The second kappa shape index (κ2) is 12.9. The maximum absolute atomic E-state index is 5.40. The van der Waals surface area contributed by atoms with E-state index in [4.69, 9.17) is 15.0 Å². The van der Waals surface area contributed by atoms with Gasteiger partial charge in [-0.2, -0.15) is 0 Å². The summed E-state index contributed by atoms with van der Waals surface area (Å²) in [5.41, 5.74) is 12.7. The molecule has 9 aromatic carbocycles. The number of nitrogens with zero attached hydrogens (tertiary/aromatic N) is 3. The zero-order valence-corrected chi connectivity index (χ0v) is 31.7. The molecule has 57 heavy (non-hydrogen) atoms. The van der Waals surface area contributed by atoms with Crippen LogP contribution in [0.1, 0.15) is 25.0 Å². The fourth-order valence-corrected chi connectivity index (χ4v) is 9.08. The Morgan fingerprint density at radius 1 is 0.316 bits per heavy atom. The average molecular weight is 728 g/mol. The summed E-state index contributed by atoms with van der Waals surface area (Å²) < 4.78 is 0. The number of benzene rings is 9.